The van der Waals surface area contributed by atoms with Crippen molar-refractivity contribution in [2.24, 2.45) is 0 Å². The monoisotopic (exact) mass is 516 g/mol. The summed E-state index contributed by atoms with van der Waals surface area (Å²) in [6, 6.07) is 0. The van der Waals surface area contributed by atoms with E-state index in [0.717, 1.165) is 19.3 Å². The van der Waals surface area contributed by atoms with E-state index in [4.69, 9.17) is 0 Å². The molecule has 0 fully saturated rings. The highest BCUT2D eigenvalue weighted by Crippen LogP contribution is 2.52. The number of unbranched alkanes of at least 4 members (excludes halogenated alkanes) is 15. The zero-order chi connectivity index (χ0) is 26.5. The lowest BCUT2D eigenvalue weighted by Gasteiger charge is -2.35. The molecule has 0 spiro atoms. The fourth-order valence-corrected chi connectivity index (χ4v) is 5.56. The van der Waals surface area contributed by atoms with Crippen molar-refractivity contribution in [3.05, 3.63) is 24.3 Å². The molecule has 0 aliphatic heterocycles. The molecule has 0 rings (SSSR count). The predicted molar refractivity (Wildman–Crippen MR) is 152 cm³/mol. The van der Waals surface area contributed by atoms with Gasteiger partial charge in [0.25, 0.3) is 0 Å². The first kappa shape index (κ1) is 34.6. The van der Waals surface area contributed by atoms with Crippen LogP contribution in [0.2, 0.25) is 0 Å². The smallest absolute Gasteiger partial charge is 0.362 e. The molecule has 1 atom stereocenters. The van der Waals surface area contributed by atoms with Crippen molar-refractivity contribution in [2.75, 3.05) is 27.7 Å². The van der Waals surface area contributed by atoms with Gasteiger partial charge in [-0.2, -0.15) is 0 Å². The molecular formula is C29H59NO4P+. The van der Waals surface area contributed by atoms with Crippen LogP contribution < -0.4 is 0 Å². The Morgan fingerprint density at radius 2 is 1.00 bits per heavy atom. The topological polar surface area (TPSA) is 77.8 Å². The normalized spacial score (nSPS) is 14.8. The van der Waals surface area contributed by atoms with Gasteiger partial charge in [0, 0.05) is 0 Å². The summed E-state index contributed by atoms with van der Waals surface area (Å²) in [6.45, 7) is 2.32. The van der Waals surface area contributed by atoms with E-state index in [-0.39, 0.29) is 13.0 Å². The van der Waals surface area contributed by atoms with E-state index in [9.17, 15) is 19.5 Å². The zero-order valence-corrected chi connectivity index (χ0v) is 24.5. The number of quaternary nitrogens is 1. The molecule has 0 aromatic heterocycles. The van der Waals surface area contributed by atoms with E-state index < -0.39 is 12.9 Å². The lowest BCUT2D eigenvalue weighted by Crippen LogP contribution is -2.49. The highest BCUT2D eigenvalue weighted by Gasteiger charge is 2.48. The van der Waals surface area contributed by atoms with Crippen molar-refractivity contribution in [3.8, 4) is 0 Å². The van der Waals surface area contributed by atoms with Gasteiger partial charge in [-0.25, -0.2) is 0 Å². The minimum absolute atomic E-state index is 0.0586. The second-order valence-electron chi connectivity index (χ2n) is 11.4. The molecular weight excluding hydrogens is 457 g/mol. The molecule has 5 nitrogen and oxygen atoms in total. The minimum Gasteiger partial charge on any atom is -0.373 e. The summed E-state index contributed by atoms with van der Waals surface area (Å²) in [5.41, 5.74) is 0. The Morgan fingerprint density at radius 1 is 0.629 bits per heavy atom. The Balaban J connectivity index is 3.57. The van der Waals surface area contributed by atoms with E-state index in [1.165, 1.54) is 89.9 Å². The number of hydrogen-bond donors (Lipinski definition) is 3. The average Bonchev–Trinajstić information content (AvgIpc) is 2.75. The molecule has 35 heavy (non-hydrogen) atoms. The quantitative estimate of drug-likeness (QED) is 0.0524. The fourth-order valence-electron chi connectivity index (χ4n) is 4.50. The molecule has 0 aliphatic rings. The van der Waals surface area contributed by atoms with Gasteiger partial charge < -0.3 is 19.4 Å². The van der Waals surface area contributed by atoms with Crippen LogP contribution in [-0.2, 0) is 4.57 Å². The van der Waals surface area contributed by atoms with Crippen LogP contribution in [0.1, 0.15) is 129 Å². The molecule has 0 heterocycles. The summed E-state index contributed by atoms with van der Waals surface area (Å²) in [5, 5.41) is 8.65. The van der Waals surface area contributed by atoms with E-state index in [2.05, 4.69) is 31.2 Å². The van der Waals surface area contributed by atoms with Crippen molar-refractivity contribution < 1.29 is 23.9 Å². The van der Waals surface area contributed by atoms with Crippen LogP contribution in [0.4, 0.5) is 0 Å². The highest BCUT2D eigenvalue weighted by molar-refractivity contribution is 7.53. The van der Waals surface area contributed by atoms with Crippen LogP contribution in [0, 0.1) is 0 Å². The number of rotatable bonds is 24. The van der Waals surface area contributed by atoms with Gasteiger partial charge >= 0.3 is 7.60 Å². The minimum atomic E-state index is -4.55. The summed E-state index contributed by atoms with van der Waals surface area (Å²) in [4.78, 5) is 19.2. The summed E-state index contributed by atoms with van der Waals surface area (Å²) in [5.74, 6) is 0. The fraction of sp³-hybridized carbons (Fsp3) is 0.862. The second kappa shape index (κ2) is 20.6. The number of likely N-dealkylation sites (N-methyl/N-ethyl adjacent to an activating group) is 1. The van der Waals surface area contributed by atoms with E-state index in [0.29, 0.717) is 10.9 Å². The Hall–Kier alpha value is -0.450. The molecule has 1 unspecified atom stereocenters. The molecule has 6 heteroatoms. The van der Waals surface area contributed by atoms with Crippen LogP contribution in [0.3, 0.4) is 0 Å². The highest BCUT2D eigenvalue weighted by atomic mass is 31.2. The maximum absolute atomic E-state index is 11.8. The average molecular weight is 517 g/mol. The third kappa shape index (κ3) is 21.4. The SMILES string of the molecule is CCCCCC/C=C\CCC/C=C\CCCCCCCCCCCC(O)(C[N+](C)(C)C)P(=O)(O)O. The van der Waals surface area contributed by atoms with E-state index in [1.54, 1.807) is 0 Å². The third-order valence-corrected chi connectivity index (χ3v) is 7.97. The van der Waals surface area contributed by atoms with Crippen molar-refractivity contribution in [2.45, 2.75) is 134 Å². The molecule has 0 radical (unpaired) electrons. The van der Waals surface area contributed by atoms with Gasteiger partial charge in [0.05, 0.1) is 21.1 Å². The summed E-state index contributed by atoms with van der Waals surface area (Å²) < 4.78 is 12.1. The maximum Gasteiger partial charge on any atom is 0.362 e. The third-order valence-electron chi connectivity index (χ3n) is 6.52. The number of hydrogen-bond acceptors (Lipinski definition) is 2. The summed E-state index contributed by atoms with van der Waals surface area (Å²) in [6.07, 6.45) is 31.2. The van der Waals surface area contributed by atoms with Gasteiger partial charge in [-0.3, -0.25) is 4.57 Å². The Morgan fingerprint density at radius 3 is 1.40 bits per heavy atom. The summed E-state index contributed by atoms with van der Waals surface area (Å²) >= 11 is 0. The first-order valence-corrected chi connectivity index (χ1v) is 16.0. The largest absolute Gasteiger partial charge is 0.373 e. The second-order valence-corrected chi connectivity index (χ2v) is 13.3. The molecule has 0 aliphatic carbocycles. The van der Waals surface area contributed by atoms with Crippen LogP contribution in [0.5, 0.6) is 0 Å². The van der Waals surface area contributed by atoms with Gasteiger partial charge in [-0.15, -0.1) is 0 Å². The van der Waals surface area contributed by atoms with Crippen LogP contribution in [0.25, 0.3) is 0 Å². The van der Waals surface area contributed by atoms with Gasteiger partial charge in [-0.05, 0) is 57.8 Å². The van der Waals surface area contributed by atoms with Crippen LogP contribution in [0.15, 0.2) is 24.3 Å². The van der Waals surface area contributed by atoms with Crippen LogP contribution in [-0.4, -0.2) is 52.4 Å². The summed E-state index contributed by atoms with van der Waals surface area (Å²) in [7, 11) is 0.974. The molecule has 0 aromatic rings. The first-order chi connectivity index (χ1) is 16.5. The van der Waals surface area contributed by atoms with E-state index >= 15 is 0 Å². The van der Waals surface area contributed by atoms with Gasteiger partial charge in [0.15, 0.2) is 0 Å². The molecule has 208 valence electrons. The molecule has 3 N–H and O–H groups in total. The Labute approximate surface area is 217 Å². The van der Waals surface area contributed by atoms with Crippen molar-refractivity contribution in [1.29, 1.82) is 0 Å². The van der Waals surface area contributed by atoms with Gasteiger partial charge in [0.1, 0.15) is 6.54 Å². The first-order valence-electron chi connectivity index (χ1n) is 14.4. The number of nitrogens with zero attached hydrogens (tertiary/aromatic N) is 1. The Kier molecular flexibility index (Phi) is 20.3. The van der Waals surface area contributed by atoms with Gasteiger partial charge in [-0.1, -0.05) is 95.4 Å². The molecule has 0 saturated carbocycles. The number of allylic oxidation sites excluding steroid dienone is 4. The Bertz CT molecular complexity index is 594. The zero-order valence-electron chi connectivity index (χ0n) is 23.6. The molecule has 0 amide bonds. The van der Waals surface area contributed by atoms with Crippen molar-refractivity contribution >= 4 is 7.60 Å². The lowest BCUT2D eigenvalue weighted by atomic mass is 10.0. The lowest BCUT2D eigenvalue weighted by molar-refractivity contribution is -0.875. The van der Waals surface area contributed by atoms with Crippen molar-refractivity contribution in [1.82, 2.24) is 0 Å². The molecule has 0 saturated heterocycles. The molecule has 0 aromatic carbocycles. The molecule has 0 bridgehead atoms. The van der Waals surface area contributed by atoms with Crippen molar-refractivity contribution in [3.63, 3.8) is 0 Å². The predicted octanol–water partition coefficient (Wildman–Crippen LogP) is 8.10. The van der Waals surface area contributed by atoms with Gasteiger partial charge in [0.2, 0.25) is 5.34 Å². The standard InChI is InChI=1S/C29H58NO4P/c1-5-6-7-8-9-10-11-12-13-14-15-16-17-18-19-20-21-22-23-24-25-26-27-29(31,35(32,33)34)28-30(2,3)4/h10-11,15-16,31H,5-9,12-14,17-28H2,1-4H3,(H-,32,33,34)/p+1/b11-10-,16-15-. The maximum atomic E-state index is 11.8. The van der Waals surface area contributed by atoms with Crippen LogP contribution >= 0.6 is 7.60 Å². The number of aliphatic hydroxyl groups is 1. The van der Waals surface area contributed by atoms with E-state index in [1.807, 2.05) is 21.1 Å².